The fourth-order valence-corrected chi connectivity index (χ4v) is 1.73. The largest absolute Gasteiger partial charge is 0.462 e. The molecule has 2 heteroatoms. The summed E-state index contributed by atoms with van der Waals surface area (Å²) in [5, 5.41) is 0. The molecular formula is C13H18O2. The Hall–Kier alpha value is -1.31. The van der Waals surface area contributed by atoms with Crippen LogP contribution in [0, 0.1) is 27.7 Å². The van der Waals surface area contributed by atoms with Crippen LogP contribution in [0.4, 0.5) is 0 Å². The fourth-order valence-electron chi connectivity index (χ4n) is 1.73. The van der Waals surface area contributed by atoms with Gasteiger partial charge in [-0.05, 0) is 56.9 Å². The summed E-state index contributed by atoms with van der Waals surface area (Å²) in [6.45, 7) is 10.2. The molecule has 0 aromatic heterocycles. The van der Waals surface area contributed by atoms with Crippen molar-refractivity contribution < 1.29 is 9.53 Å². The predicted molar refractivity (Wildman–Crippen MR) is 61.3 cm³/mol. The number of ether oxygens (including phenoxy) is 1. The first-order valence-electron chi connectivity index (χ1n) is 5.23. The van der Waals surface area contributed by atoms with Gasteiger partial charge in [0.05, 0.1) is 12.2 Å². The standard InChI is InChI=1S/C13H18O2/c1-6-15-13(14)12-10(4)8(2)7-9(3)11(12)5/h7H,6H2,1-5H3. The Labute approximate surface area is 91.3 Å². The highest BCUT2D eigenvalue weighted by molar-refractivity contribution is 5.93. The summed E-state index contributed by atoms with van der Waals surface area (Å²) in [5.41, 5.74) is 5.06. The summed E-state index contributed by atoms with van der Waals surface area (Å²) >= 11 is 0. The zero-order chi connectivity index (χ0) is 11.6. The molecule has 0 fully saturated rings. The first kappa shape index (κ1) is 11.8. The van der Waals surface area contributed by atoms with Crippen molar-refractivity contribution in [3.05, 3.63) is 33.9 Å². The van der Waals surface area contributed by atoms with Gasteiger partial charge in [-0.2, -0.15) is 0 Å². The number of aryl methyl sites for hydroxylation is 2. The zero-order valence-corrected chi connectivity index (χ0v) is 10.1. The minimum atomic E-state index is -0.209. The Kier molecular flexibility index (Phi) is 3.51. The van der Waals surface area contributed by atoms with Gasteiger partial charge in [0.25, 0.3) is 0 Å². The van der Waals surface area contributed by atoms with Gasteiger partial charge in [0.1, 0.15) is 0 Å². The maximum Gasteiger partial charge on any atom is 0.338 e. The van der Waals surface area contributed by atoms with Gasteiger partial charge >= 0.3 is 5.97 Å². The quantitative estimate of drug-likeness (QED) is 0.695. The number of carbonyl (C=O) groups excluding carboxylic acids is 1. The fraction of sp³-hybridized carbons (Fsp3) is 0.462. The molecule has 0 unspecified atom stereocenters. The minimum Gasteiger partial charge on any atom is -0.462 e. The number of benzene rings is 1. The van der Waals surface area contributed by atoms with Gasteiger partial charge < -0.3 is 4.74 Å². The lowest BCUT2D eigenvalue weighted by Gasteiger charge is -2.13. The maximum absolute atomic E-state index is 11.8. The van der Waals surface area contributed by atoms with Gasteiger partial charge in [0.2, 0.25) is 0 Å². The minimum absolute atomic E-state index is 0.209. The van der Waals surface area contributed by atoms with E-state index >= 15 is 0 Å². The summed E-state index contributed by atoms with van der Waals surface area (Å²) in [5.74, 6) is -0.209. The summed E-state index contributed by atoms with van der Waals surface area (Å²) in [4.78, 5) is 11.8. The second kappa shape index (κ2) is 4.47. The van der Waals surface area contributed by atoms with Crippen LogP contribution in [0.15, 0.2) is 6.07 Å². The van der Waals surface area contributed by atoms with Crippen molar-refractivity contribution in [2.45, 2.75) is 34.6 Å². The molecule has 0 aliphatic rings. The molecule has 82 valence electrons. The van der Waals surface area contributed by atoms with E-state index in [0.29, 0.717) is 6.61 Å². The van der Waals surface area contributed by atoms with Crippen molar-refractivity contribution in [1.82, 2.24) is 0 Å². The Morgan fingerprint density at radius 1 is 1.13 bits per heavy atom. The first-order chi connectivity index (χ1) is 6.99. The highest BCUT2D eigenvalue weighted by Crippen LogP contribution is 2.22. The molecule has 0 saturated carbocycles. The molecule has 0 saturated heterocycles. The van der Waals surface area contributed by atoms with Crippen LogP contribution in [0.2, 0.25) is 0 Å². The summed E-state index contributed by atoms with van der Waals surface area (Å²) < 4.78 is 5.06. The Bertz CT molecular complexity index is 366. The van der Waals surface area contributed by atoms with E-state index in [0.717, 1.165) is 27.8 Å². The van der Waals surface area contributed by atoms with Crippen LogP contribution in [0.1, 0.15) is 39.5 Å². The molecule has 1 rings (SSSR count). The first-order valence-corrected chi connectivity index (χ1v) is 5.23. The summed E-state index contributed by atoms with van der Waals surface area (Å²) in [6.07, 6.45) is 0. The Morgan fingerprint density at radius 3 is 2.00 bits per heavy atom. The van der Waals surface area contributed by atoms with Gasteiger partial charge in [-0.3, -0.25) is 0 Å². The van der Waals surface area contributed by atoms with Crippen molar-refractivity contribution in [2.24, 2.45) is 0 Å². The van der Waals surface area contributed by atoms with Crippen molar-refractivity contribution in [2.75, 3.05) is 6.61 Å². The number of carbonyl (C=O) groups is 1. The molecule has 0 atom stereocenters. The van der Waals surface area contributed by atoms with Crippen LogP contribution in [-0.2, 0) is 4.74 Å². The molecule has 0 heterocycles. The number of rotatable bonds is 2. The zero-order valence-electron chi connectivity index (χ0n) is 10.1. The van der Waals surface area contributed by atoms with Gasteiger partial charge in [0, 0.05) is 0 Å². The lowest BCUT2D eigenvalue weighted by molar-refractivity contribution is 0.0524. The van der Waals surface area contributed by atoms with Crippen LogP contribution in [0.3, 0.4) is 0 Å². The second-order valence-corrected chi connectivity index (χ2v) is 3.86. The third kappa shape index (κ3) is 2.20. The Morgan fingerprint density at radius 2 is 1.60 bits per heavy atom. The molecule has 0 aliphatic carbocycles. The van der Waals surface area contributed by atoms with Crippen LogP contribution >= 0.6 is 0 Å². The molecule has 2 nitrogen and oxygen atoms in total. The lowest BCUT2D eigenvalue weighted by atomic mass is 9.94. The molecule has 0 bridgehead atoms. The normalized spacial score (nSPS) is 10.2. The smallest absolute Gasteiger partial charge is 0.338 e. The van der Waals surface area contributed by atoms with E-state index in [1.54, 1.807) is 0 Å². The van der Waals surface area contributed by atoms with E-state index in [1.807, 2.05) is 34.6 Å². The highest BCUT2D eigenvalue weighted by atomic mass is 16.5. The number of esters is 1. The third-order valence-electron chi connectivity index (χ3n) is 2.85. The van der Waals surface area contributed by atoms with Crippen LogP contribution in [-0.4, -0.2) is 12.6 Å². The monoisotopic (exact) mass is 206 g/mol. The SMILES string of the molecule is CCOC(=O)c1c(C)c(C)cc(C)c1C. The van der Waals surface area contributed by atoms with Crippen molar-refractivity contribution >= 4 is 5.97 Å². The van der Waals surface area contributed by atoms with Crippen LogP contribution < -0.4 is 0 Å². The van der Waals surface area contributed by atoms with E-state index < -0.39 is 0 Å². The molecular weight excluding hydrogens is 188 g/mol. The molecule has 1 aromatic rings. The molecule has 0 spiro atoms. The van der Waals surface area contributed by atoms with E-state index in [-0.39, 0.29) is 5.97 Å². The van der Waals surface area contributed by atoms with Crippen molar-refractivity contribution in [3.63, 3.8) is 0 Å². The second-order valence-electron chi connectivity index (χ2n) is 3.86. The average Bonchev–Trinajstić information content (AvgIpc) is 2.16. The van der Waals surface area contributed by atoms with Gasteiger partial charge in [-0.25, -0.2) is 4.79 Å². The Balaban J connectivity index is 3.32. The van der Waals surface area contributed by atoms with E-state index in [9.17, 15) is 4.79 Å². The topological polar surface area (TPSA) is 26.3 Å². The average molecular weight is 206 g/mol. The van der Waals surface area contributed by atoms with Crippen LogP contribution in [0.5, 0.6) is 0 Å². The predicted octanol–water partition coefficient (Wildman–Crippen LogP) is 3.10. The van der Waals surface area contributed by atoms with Gasteiger partial charge in [-0.1, -0.05) is 6.07 Å². The molecule has 1 aromatic carbocycles. The molecule has 0 N–H and O–H groups in total. The van der Waals surface area contributed by atoms with E-state index in [4.69, 9.17) is 4.74 Å². The van der Waals surface area contributed by atoms with E-state index in [1.165, 1.54) is 0 Å². The maximum atomic E-state index is 11.8. The number of hydrogen-bond acceptors (Lipinski definition) is 2. The number of hydrogen-bond donors (Lipinski definition) is 0. The van der Waals surface area contributed by atoms with E-state index in [2.05, 4.69) is 6.07 Å². The molecule has 0 radical (unpaired) electrons. The molecule has 15 heavy (non-hydrogen) atoms. The van der Waals surface area contributed by atoms with Gasteiger partial charge in [-0.15, -0.1) is 0 Å². The lowest BCUT2D eigenvalue weighted by Crippen LogP contribution is -2.11. The van der Waals surface area contributed by atoms with Crippen molar-refractivity contribution in [3.8, 4) is 0 Å². The highest BCUT2D eigenvalue weighted by Gasteiger charge is 2.16. The summed E-state index contributed by atoms with van der Waals surface area (Å²) in [6, 6.07) is 2.10. The third-order valence-corrected chi connectivity index (χ3v) is 2.85. The molecule has 0 amide bonds. The van der Waals surface area contributed by atoms with Gasteiger partial charge in [0.15, 0.2) is 0 Å². The molecule has 0 aliphatic heterocycles. The van der Waals surface area contributed by atoms with Crippen molar-refractivity contribution in [1.29, 1.82) is 0 Å². The summed E-state index contributed by atoms with van der Waals surface area (Å²) in [7, 11) is 0. The van der Waals surface area contributed by atoms with Crippen LogP contribution in [0.25, 0.3) is 0 Å².